The van der Waals surface area contributed by atoms with E-state index in [1.807, 2.05) is 0 Å². The summed E-state index contributed by atoms with van der Waals surface area (Å²) in [4.78, 5) is 12.6. The quantitative estimate of drug-likeness (QED) is 0.853. The van der Waals surface area contributed by atoms with E-state index in [2.05, 4.69) is 32.5 Å². The van der Waals surface area contributed by atoms with Gasteiger partial charge in [-0.3, -0.25) is 0 Å². The lowest BCUT2D eigenvalue weighted by atomic mass is 9.83. The number of aromatic nitrogens is 3. The molecule has 0 saturated heterocycles. The summed E-state index contributed by atoms with van der Waals surface area (Å²) >= 11 is 0. The highest BCUT2D eigenvalue weighted by molar-refractivity contribution is 5.37. The normalized spacial score (nSPS) is 18.2. The molecule has 1 aromatic heterocycles. The molecule has 0 bridgehead atoms. The Bertz CT molecular complexity index is 381. The molecule has 1 heterocycles. The van der Waals surface area contributed by atoms with Crippen molar-refractivity contribution in [3.8, 4) is 6.01 Å². The standard InChI is InChI=1S/C12H21N5O/c1-12(7-5-4-6-8-12)17-10-14-9(13-2)15-11(16-10)18-3/h4-8H2,1-3H3,(H2,13,14,15,16,17). The van der Waals surface area contributed by atoms with Gasteiger partial charge in [-0.2, -0.15) is 15.0 Å². The van der Waals surface area contributed by atoms with Gasteiger partial charge in [-0.15, -0.1) is 0 Å². The van der Waals surface area contributed by atoms with Gasteiger partial charge in [-0.05, 0) is 19.8 Å². The summed E-state index contributed by atoms with van der Waals surface area (Å²) in [6.45, 7) is 2.22. The van der Waals surface area contributed by atoms with Gasteiger partial charge in [0.1, 0.15) is 0 Å². The lowest BCUT2D eigenvalue weighted by Gasteiger charge is -2.34. The Balaban J connectivity index is 2.16. The summed E-state index contributed by atoms with van der Waals surface area (Å²) in [5.41, 5.74) is 0.0790. The molecule has 2 N–H and O–H groups in total. The topological polar surface area (TPSA) is 72.0 Å². The van der Waals surface area contributed by atoms with Crippen LogP contribution in [0.1, 0.15) is 39.0 Å². The number of nitrogens with zero attached hydrogens (tertiary/aromatic N) is 3. The largest absolute Gasteiger partial charge is 0.467 e. The minimum absolute atomic E-state index is 0.0790. The van der Waals surface area contributed by atoms with Crippen molar-refractivity contribution in [3.63, 3.8) is 0 Å². The van der Waals surface area contributed by atoms with Gasteiger partial charge in [0.05, 0.1) is 7.11 Å². The minimum Gasteiger partial charge on any atom is -0.467 e. The van der Waals surface area contributed by atoms with Crippen molar-refractivity contribution in [1.29, 1.82) is 0 Å². The van der Waals surface area contributed by atoms with Crippen molar-refractivity contribution >= 4 is 11.9 Å². The second-order valence-electron chi connectivity index (χ2n) is 4.97. The van der Waals surface area contributed by atoms with Gasteiger partial charge in [0.25, 0.3) is 0 Å². The van der Waals surface area contributed by atoms with E-state index in [4.69, 9.17) is 4.74 Å². The SMILES string of the molecule is CNc1nc(NC2(C)CCCCC2)nc(OC)n1. The Morgan fingerprint density at radius 2 is 1.72 bits per heavy atom. The third-order valence-corrected chi connectivity index (χ3v) is 3.39. The predicted octanol–water partition coefficient (Wildman–Crippen LogP) is 2.06. The number of anilines is 2. The number of hydrogen-bond acceptors (Lipinski definition) is 6. The van der Waals surface area contributed by atoms with E-state index < -0.39 is 0 Å². The lowest BCUT2D eigenvalue weighted by molar-refractivity contribution is 0.345. The van der Waals surface area contributed by atoms with E-state index in [0.29, 0.717) is 17.9 Å². The van der Waals surface area contributed by atoms with Gasteiger partial charge in [0, 0.05) is 12.6 Å². The molecule has 2 rings (SSSR count). The molecule has 0 radical (unpaired) electrons. The summed E-state index contributed by atoms with van der Waals surface area (Å²) in [7, 11) is 3.34. The Morgan fingerprint density at radius 1 is 1.06 bits per heavy atom. The third-order valence-electron chi connectivity index (χ3n) is 3.39. The van der Waals surface area contributed by atoms with Gasteiger partial charge in [0.2, 0.25) is 11.9 Å². The molecule has 6 nitrogen and oxygen atoms in total. The molecule has 0 aromatic carbocycles. The number of nitrogens with one attached hydrogen (secondary N) is 2. The number of ether oxygens (including phenoxy) is 1. The second kappa shape index (κ2) is 5.37. The molecule has 1 saturated carbocycles. The molecule has 100 valence electrons. The molecule has 0 amide bonds. The first-order valence-corrected chi connectivity index (χ1v) is 6.41. The monoisotopic (exact) mass is 251 g/mol. The second-order valence-corrected chi connectivity index (χ2v) is 4.97. The van der Waals surface area contributed by atoms with Crippen LogP contribution in [0.15, 0.2) is 0 Å². The molecule has 18 heavy (non-hydrogen) atoms. The van der Waals surface area contributed by atoms with Crippen LogP contribution in [0.3, 0.4) is 0 Å². The van der Waals surface area contributed by atoms with Gasteiger partial charge in [-0.1, -0.05) is 19.3 Å². The fourth-order valence-corrected chi connectivity index (χ4v) is 2.34. The smallest absolute Gasteiger partial charge is 0.322 e. The summed E-state index contributed by atoms with van der Waals surface area (Å²) in [5.74, 6) is 1.10. The van der Waals surface area contributed by atoms with Crippen molar-refractivity contribution in [2.24, 2.45) is 0 Å². The van der Waals surface area contributed by atoms with Crippen molar-refractivity contribution < 1.29 is 4.74 Å². The maximum atomic E-state index is 5.08. The zero-order valence-electron chi connectivity index (χ0n) is 11.3. The van der Waals surface area contributed by atoms with Crippen LogP contribution in [0, 0.1) is 0 Å². The van der Waals surface area contributed by atoms with Crippen molar-refractivity contribution in [1.82, 2.24) is 15.0 Å². The molecule has 1 fully saturated rings. The average molecular weight is 251 g/mol. The lowest BCUT2D eigenvalue weighted by Crippen LogP contribution is -2.37. The Labute approximate surface area is 108 Å². The van der Waals surface area contributed by atoms with Crippen LogP contribution >= 0.6 is 0 Å². The van der Waals surface area contributed by atoms with Crippen LogP contribution < -0.4 is 15.4 Å². The number of hydrogen-bond donors (Lipinski definition) is 2. The molecule has 1 aromatic rings. The first-order valence-electron chi connectivity index (χ1n) is 6.41. The Kier molecular flexibility index (Phi) is 3.84. The molecule has 0 spiro atoms. The van der Waals surface area contributed by atoms with Crippen LogP contribution in [0.2, 0.25) is 0 Å². The van der Waals surface area contributed by atoms with Crippen LogP contribution in [-0.4, -0.2) is 34.6 Å². The van der Waals surface area contributed by atoms with Crippen LogP contribution in [0.25, 0.3) is 0 Å². The van der Waals surface area contributed by atoms with E-state index in [1.54, 1.807) is 14.2 Å². The van der Waals surface area contributed by atoms with E-state index in [9.17, 15) is 0 Å². The molecule has 6 heteroatoms. The van der Waals surface area contributed by atoms with Crippen LogP contribution in [-0.2, 0) is 0 Å². The van der Waals surface area contributed by atoms with Gasteiger partial charge < -0.3 is 15.4 Å². The first-order chi connectivity index (χ1) is 8.65. The fraction of sp³-hybridized carbons (Fsp3) is 0.750. The Morgan fingerprint density at radius 3 is 2.33 bits per heavy atom. The van der Waals surface area contributed by atoms with E-state index in [0.717, 1.165) is 12.8 Å². The van der Waals surface area contributed by atoms with Gasteiger partial charge in [0.15, 0.2) is 0 Å². The number of methoxy groups -OCH3 is 1. The highest BCUT2D eigenvalue weighted by Crippen LogP contribution is 2.30. The van der Waals surface area contributed by atoms with E-state index in [1.165, 1.54) is 19.3 Å². The number of rotatable bonds is 4. The Hall–Kier alpha value is -1.59. The van der Waals surface area contributed by atoms with E-state index >= 15 is 0 Å². The molecule has 1 aliphatic carbocycles. The fourth-order valence-electron chi connectivity index (χ4n) is 2.34. The summed E-state index contributed by atoms with van der Waals surface area (Å²) in [6.07, 6.45) is 6.13. The first kappa shape index (κ1) is 12.9. The predicted molar refractivity (Wildman–Crippen MR) is 71.0 cm³/mol. The molecule has 0 aliphatic heterocycles. The highest BCUT2D eigenvalue weighted by Gasteiger charge is 2.27. The summed E-state index contributed by atoms with van der Waals surface area (Å²) in [6, 6.07) is 0.330. The molecular formula is C12H21N5O. The van der Waals surface area contributed by atoms with Crippen molar-refractivity contribution in [2.75, 3.05) is 24.8 Å². The van der Waals surface area contributed by atoms with Crippen LogP contribution in [0.4, 0.5) is 11.9 Å². The van der Waals surface area contributed by atoms with Gasteiger partial charge in [-0.25, -0.2) is 0 Å². The van der Waals surface area contributed by atoms with Gasteiger partial charge >= 0.3 is 6.01 Å². The zero-order valence-corrected chi connectivity index (χ0v) is 11.3. The van der Waals surface area contributed by atoms with Crippen molar-refractivity contribution in [3.05, 3.63) is 0 Å². The van der Waals surface area contributed by atoms with Crippen LogP contribution in [0.5, 0.6) is 6.01 Å². The summed E-state index contributed by atoms with van der Waals surface area (Å²) < 4.78 is 5.08. The molecule has 0 atom stereocenters. The molecular weight excluding hydrogens is 230 g/mol. The zero-order chi connectivity index (χ0) is 13.0. The third kappa shape index (κ3) is 3.00. The minimum atomic E-state index is 0.0790. The average Bonchev–Trinajstić information content (AvgIpc) is 2.38. The molecule has 0 unspecified atom stereocenters. The van der Waals surface area contributed by atoms with E-state index in [-0.39, 0.29) is 5.54 Å². The highest BCUT2D eigenvalue weighted by atomic mass is 16.5. The summed E-state index contributed by atoms with van der Waals surface area (Å²) in [5, 5.41) is 6.33. The molecule has 1 aliphatic rings. The maximum absolute atomic E-state index is 5.08. The maximum Gasteiger partial charge on any atom is 0.322 e. The van der Waals surface area contributed by atoms with Crippen molar-refractivity contribution in [2.45, 2.75) is 44.6 Å².